The van der Waals surface area contributed by atoms with Crippen molar-refractivity contribution in [2.24, 2.45) is 23.7 Å². The van der Waals surface area contributed by atoms with Crippen LogP contribution in [0, 0.1) is 35.0 Å². The van der Waals surface area contributed by atoms with Crippen LogP contribution in [0.25, 0.3) is 0 Å². The molecule has 2 aliphatic rings. The lowest BCUT2D eigenvalue weighted by Gasteiger charge is -2.30. The van der Waals surface area contributed by atoms with Gasteiger partial charge in [-0.3, -0.25) is 0 Å². The zero-order valence-electron chi connectivity index (χ0n) is 16.0. The molecule has 2 saturated carbocycles. The van der Waals surface area contributed by atoms with Crippen LogP contribution in [0.5, 0.6) is 0 Å². The van der Waals surface area contributed by atoms with E-state index in [-0.39, 0.29) is 0 Å². The highest BCUT2D eigenvalue weighted by molar-refractivity contribution is 4.87. The fraction of sp³-hybridized carbons (Fsp3) is 0.870. The zero-order chi connectivity index (χ0) is 17.0. The van der Waals surface area contributed by atoms with Crippen molar-refractivity contribution < 1.29 is 0 Å². The topological polar surface area (TPSA) is 23.8 Å². The highest BCUT2D eigenvalue weighted by Crippen LogP contribution is 2.37. The standard InChI is InChI=1S/C23H39N/c1-2-3-4-5-6-7-8-20-9-11-21(12-10-20)13-14-22-15-17-23(19-24)18-16-22/h5-6,20-23H,2-4,7-18H2,1H3/b6-5+/t20-,21-,22-,23-. The molecule has 0 aliphatic heterocycles. The van der Waals surface area contributed by atoms with Crippen molar-refractivity contribution in [2.75, 3.05) is 0 Å². The molecular weight excluding hydrogens is 290 g/mol. The second-order valence-corrected chi connectivity index (χ2v) is 8.50. The summed E-state index contributed by atoms with van der Waals surface area (Å²) in [5.74, 6) is 3.31. The first-order chi connectivity index (χ1) is 11.8. The summed E-state index contributed by atoms with van der Waals surface area (Å²) in [5, 5.41) is 9.00. The molecule has 0 bridgehead atoms. The number of unbranched alkanes of at least 4 members (excludes halogenated alkanes) is 2. The Labute approximate surface area is 150 Å². The van der Waals surface area contributed by atoms with E-state index in [0.717, 1.165) is 17.8 Å². The fourth-order valence-corrected chi connectivity index (χ4v) is 4.75. The van der Waals surface area contributed by atoms with Gasteiger partial charge in [-0.2, -0.15) is 5.26 Å². The Morgan fingerprint density at radius 2 is 1.25 bits per heavy atom. The van der Waals surface area contributed by atoms with E-state index in [1.165, 1.54) is 96.3 Å². The first-order valence-electron chi connectivity index (χ1n) is 10.9. The lowest BCUT2D eigenvalue weighted by atomic mass is 9.75. The van der Waals surface area contributed by atoms with Gasteiger partial charge in [-0.1, -0.05) is 70.4 Å². The van der Waals surface area contributed by atoms with Crippen molar-refractivity contribution in [3.8, 4) is 6.07 Å². The number of hydrogen-bond donors (Lipinski definition) is 0. The minimum absolute atomic E-state index is 0.368. The Morgan fingerprint density at radius 3 is 1.79 bits per heavy atom. The average molecular weight is 330 g/mol. The van der Waals surface area contributed by atoms with Crippen LogP contribution in [0.3, 0.4) is 0 Å². The molecule has 0 spiro atoms. The number of nitrogens with zero attached hydrogens (tertiary/aromatic N) is 1. The molecule has 0 N–H and O–H groups in total. The molecule has 0 aromatic carbocycles. The Bertz CT molecular complexity index is 375. The maximum Gasteiger partial charge on any atom is 0.0655 e. The van der Waals surface area contributed by atoms with Gasteiger partial charge in [0, 0.05) is 5.92 Å². The molecule has 1 heteroatoms. The SMILES string of the molecule is CCCC/C=C/CC[C@H]1CC[C@H](CC[C@H]2CC[C@H](C#N)CC2)CC1. The Balaban J connectivity index is 1.50. The maximum absolute atomic E-state index is 9.00. The number of nitriles is 1. The normalized spacial score (nSPS) is 31.2. The summed E-state index contributed by atoms with van der Waals surface area (Å²) in [7, 11) is 0. The summed E-state index contributed by atoms with van der Waals surface area (Å²) in [6.07, 6.45) is 25.3. The summed E-state index contributed by atoms with van der Waals surface area (Å²) in [5.41, 5.74) is 0. The van der Waals surface area contributed by atoms with Crippen molar-refractivity contribution in [1.29, 1.82) is 5.26 Å². The molecule has 0 atom stereocenters. The predicted octanol–water partition coefficient (Wildman–Crippen LogP) is 7.43. The van der Waals surface area contributed by atoms with Gasteiger partial charge in [0.05, 0.1) is 6.07 Å². The molecule has 2 rings (SSSR count). The van der Waals surface area contributed by atoms with Gasteiger partial charge in [-0.05, 0) is 62.7 Å². The lowest BCUT2D eigenvalue weighted by Crippen LogP contribution is -2.17. The highest BCUT2D eigenvalue weighted by atomic mass is 14.3. The molecule has 0 amide bonds. The van der Waals surface area contributed by atoms with Gasteiger partial charge in [0.2, 0.25) is 0 Å². The van der Waals surface area contributed by atoms with Crippen LogP contribution >= 0.6 is 0 Å². The molecule has 0 radical (unpaired) electrons. The van der Waals surface area contributed by atoms with E-state index < -0.39 is 0 Å². The fourth-order valence-electron chi connectivity index (χ4n) is 4.75. The van der Waals surface area contributed by atoms with Crippen molar-refractivity contribution in [3.63, 3.8) is 0 Å². The van der Waals surface area contributed by atoms with E-state index in [1.807, 2.05) is 0 Å². The van der Waals surface area contributed by atoms with Gasteiger partial charge in [0.15, 0.2) is 0 Å². The van der Waals surface area contributed by atoms with Crippen molar-refractivity contribution in [3.05, 3.63) is 12.2 Å². The minimum atomic E-state index is 0.368. The van der Waals surface area contributed by atoms with Gasteiger partial charge in [-0.15, -0.1) is 0 Å². The molecule has 0 unspecified atom stereocenters. The molecule has 2 fully saturated rings. The molecule has 0 saturated heterocycles. The van der Waals surface area contributed by atoms with Crippen LogP contribution in [0.4, 0.5) is 0 Å². The lowest BCUT2D eigenvalue weighted by molar-refractivity contribution is 0.223. The van der Waals surface area contributed by atoms with Gasteiger partial charge in [0.25, 0.3) is 0 Å². The number of rotatable bonds is 9. The average Bonchev–Trinajstić information content (AvgIpc) is 2.64. The van der Waals surface area contributed by atoms with Crippen LogP contribution in [0.1, 0.15) is 103 Å². The molecule has 136 valence electrons. The Morgan fingerprint density at radius 1 is 0.750 bits per heavy atom. The maximum atomic E-state index is 9.00. The largest absolute Gasteiger partial charge is 0.198 e. The molecule has 24 heavy (non-hydrogen) atoms. The monoisotopic (exact) mass is 329 g/mol. The van der Waals surface area contributed by atoms with E-state index in [4.69, 9.17) is 5.26 Å². The zero-order valence-corrected chi connectivity index (χ0v) is 16.0. The first kappa shape index (κ1) is 19.6. The molecular formula is C23H39N. The second kappa shape index (κ2) is 11.7. The van der Waals surface area contributed by atoms with Crippen LogP contribution in [0.15, 0.2) is 12.2 Å². The minimum Gasteiger partial charge on any atom is -0.198 e. The third kappa shape index (κ3) is 7.42. The van der Waals surface area contributed by atoms with Gasteiger partial charge in [-0.25, -0.2) is 0 Å². The van der Waals surface area contributed by atoms with Crippen LogP contribution in [-0.2, 0) is 0 Å². The summed E-state index contributed by atoms with van der Waals surface area (Å²) < 4.78 is 0. The number of allylic oxidation sites excluding steroid dienone is 2. The Hall–Kier alpha value is -0.770. The first-order valence-corrected chi connectivity index (χ1v) is 10.9. The summed E-state index contributed by atoms with van der Waals surface area (Å²) in [4.78, 5) is 0. The van der Waals surface area contributed by atoms with Gasteiger partial charge >= 0.3 is 0 Å². The summed E-state index contributed by atoms with van der Waals surface area (Å²) in [6, 6.07) is 2.46. The smallest absolute Gasteiger partial charge is 0.0655 e. The van der Waals surface area contributed by atoms with E-state index in [0.29, 0.717) is 5.92 Å². The van der Waals surface area contributed by atoms with Crippen molar-refractivity contribution >= 4 is 0 Å². The Kier molecular flexibility index (Phi) is 9.55. The van der Waals surface area contributed by atoms with E-state index in [9.17, 15) is 0 Å². The van der Waals surface area contributed by atoms with E-state index in [1.54, 1.807) is 0 Å². The van der Waals surface area contributed by atoms with E-state index in [2.05, 4.69) is 25.1 Å². The van der Waals surface area contributed by atoms with Crippen molar-refractivity contribution in [2.45, 2.75) is 103 Å². The number of hydrogen-bond acceptors (Lipinski definition) is 1. The third-order valence-corrected chi connectivity index (χ3v) is 6.61. The van der Waals surface area contributed by atoms with Crippen LogP contribution in [0.2, 0.25) is 0 Å². The summed E-state index contributed by atoms with van der Waals surface area (Å²) in [6.45, 7) is 2.27. The molecule has 2 aliphatic carbocycles. The predicted molar refractivity (Wildman–Crippen MR) is 104 cm³/mol. The van der Waals surface area contributed by atoms with Crippen LogP contribution < -0.4 is 0 Å². The molecule has 1 nitrogen and oxygen atoms in total. The molecule has 0 heterocycles. The van der Waals surface area contributed by atoms with E-state index >= 15 is 0 Å². The van der Waals surface area contributed by atoms with Crippen LogP contribution in [-0.4, -0.2) is 0 Å². The summed E-state index contributed by atoms with van der Waals surface area (Å²) >= 11 is 0. The quantitative estimate of drug-likeness (QED) is 0.319. The second-order valence-electron chi connectivity index (χ2n) is 8.50. The van der Waals surface area contributed by atoms with Crippen molar-refractivity contribution in [1.82, 2.24) is 0 Å². The third-order valence-electron chi connectivity index (χ3n) is 6.61. The molecule has 0 aromatic heterocycles. The highest BCUT2D eigenvalue weighted by Gasteiger charge is 2.24. The van der Waals surface area contributed by atoms with Gasteiger partial charge < -0.3 is 0 Å². The van der Waals surface area contributed by atoms with Gasteiger partial charge in [0.1, 0.15) is 0 Å². The molecule has 0 aromatic rings.